The zero-order valence-corrected chi connectivity index (χ0v) is 19.7. The SMILES string of the molecule is COc1c(F)cccc1N1Cc2c(C)c([Si](C)(C)C)c(C(O)C(=O)O)c(C)c2CC1=O. The Morgan fingerprint density at radius 1 is 1.19 bits per heavy atom. The molecule has 0 bridgehead atoms. The summed E-state index contributed by atoms with van der Waals surface area (Å²) in [5, 5.41) is 20.9. The fraction of sp³-hybridized carbons (Fsp3) is 0.391. The second kappa shape index (κ2) is 8.09. The van der Waals surface area contributed by atoms with Crippen molar-refractivity contribution >= 4 is 30.8 Å². The maximum absolute atomic E-state index is 14.3. The summed E-state index contributed by atoms with van der Waals surface area (Å²) in [4.78, 5) is 26.2. The Morgan fingerprint density at radius 3 is 2.39 bits per heavy atom. The van der Waals surface area contributed by atoms with Crippen molar-refractivity contribution in [2.24, 2.45) is 0 Å². The van der Waals surface area contributed by atoms with Crippen LogP contribution < -0.4 is 14.8 Å². The largest absolute Gasteiger partial charge is 0.492 e. The first kappa shape index (κ1) is 23.0. The molecule has 0 spiro atoms. The first-order valence-electron chi connectivity index (χ1n) is 10.1. The summed E-state index contributed by atoms with van der Waals surface area (Å²) in [5.41, 5.74) is 3.97. The fourth-order valence-electron chi connectivity index (χ4n) is 4.67. The summed E-state index contributed by atoms with van der Waals surface area (Å²) >= 11 is 0. The molecule has 2 aromatic rings. The number of hydrogen-bond acceptors (Lipinski definition) is 4. The number of carboxylic acids is 1. The highest BCUT2D eigenvalue weighted by atomic mass is 28.3. The van der Waals surface area contributed by atoms with Gasteiger partial charge in [-0.25, -0.2) is 9.18 Å². The van der Waals surface area contributed by atoms with Gasteiger partial charge < -0.3 is 19.8 Å². The second-order valence-electron chi connectivity index (χ2n) is 8.94. The molecule has 0 aliphatic carbocycles. The average Bonchev–Trinajstić information content (AvgIpc) is 2.68. The Bertz CT molecular complexity index is 1080. The Hall–Kier alpha value is -2.71. The van der Waals surface area contributed by atoms with Gasteiger partial charge in [-0.2, -0.15) is 0 Å². The summed E-state index contributed by atoms with van der Waals surface area (Å²) in [7, 11) is -0.715. The van der Waals surface area contributed by atoms with Crippen LogP contribution in [0.3, 0.4) is 0 Å². The number of ether oxygens (including phenoxy) is 1. The number of aliphatic hydroxyl groups is 1. The van der Waals surface area contributed by atoms with Crippen LogP contribution in [0.2, 0.25) is 19.6 Å². The number of rotatable bonds is 5. The van der Waals surface area contributed by atoms with E-state index in [1.54, 1.807) is 13.0 Å². The highest BCUT2D eigenvalue weighted by Gasteiger charge is 2.37. The van der Waals surface area contributed by atoms with Gasteiger partial charge >= 0.3 is 5.97 Å². The lowest BCUT2D eigenvalue weighted by atomic mass is 9.86. The van der Waals surface area contributed by atoms with Crippen LogP contribution in [0.15, 0.2) is 18.2 Å². The van der Waals surface area contributed by atoms with Gasteiger partial charge in [0.2, 0.25) is 5.91 Å². The molecule has 0 saturated carbocycles. The molecular formula is C23H28FNO5Si. The van der Waals surface area contributed by atoms with Crippen molar-refractivity contribution < 1.29 is 28.9 Å². The first-order chi connectivity index (χ1) is 14.4. The number of carbonyl (C=O) groups excluding carboxylic acids is 1. The Balaban J connectivity index is 2.26. The van der Waals surface area contributed by atoms with Gasteiger partial charge in [-0.15, -0.1) is 0 Å². The molecule has 1 unspecified atom stereocenters. The summed E-state index contributed by atoms with van der Waals surface area (Å²) in [6.07, 6.45) is -1.62. The maximum atomic E-state index is 14.3. The van der Waals surface area contributed by atoms with Crippen LogP contribution in [0.5, 0.6) is 5.75 Å². The third kappa shape index (κ3) is 3.85. The Morgan fingerprint density at radius 2 is 1.84 bits per heavy atom. The summed E-state index contributed by atoms with van der Waals surface area (Å²) < 4.78 is 19.5. The number of halogens is 1. The molecule has 1 heterocycles. The fourth-order valence-corrected chi connectivity index (χ4v) is 7.07. The van der Waals surface area contributed by atoms with E-state index in [2.05, 4.69) is 19.6 Å². The number of amides is 1. The minimum atomic E-state index is -2.08. The monoisotopic (exact) mass is 445 g/mol. The number of nitrogens with zero attached hydrogens (tertiary/aromatic N) is 1. The molecule has 0 saturated heterocycles. The second-order valence-corrected chi connectivity index (χ2v) is 13.9. The van der Waals surface area contributed by atoms with Crippen molar-refractivity contribution in [3.8, 4) is 5.75 Å². The number of aliphatic hydroxyl groups excluding tert-OH is 1. The lowest BCUT2D eigenvalue weighted by Gasteiger charge is -2.36. The minimum absolute atomic E-state index is 0.0111. The molecule has 1 atom stereocenters. The molecule has 6 nitrogen and oxygen atoms in total. The minimum Gasteiger partial charge on any atom is -0.492 e. The highest BCUT2D eigenvalue weighted by Crippen LogP contribution is 2.38. The third-order valence-electron chi connectivity index (χ3n) is 5.96. The number of hydrogen-bond donors (Lipinski definition) is 2. The third-order valence-corrected chi connectivity index (χ3v) is 8.11. The number of methoxy groups -OCH3 is 1. The van der Waals surface area contributed by atoms with E-state index < -0.39 is 26.0 Å². The number of fused-ring (bicyclic) bond motifs is 1. The number of benzene rings is 2. The standard InChI is InChI=1S/C23H28FNO5Si/c1-12-14-10-18(26)25(17-9-7-8-16(24)21(17)30-3)11-15(14)13(2)22(31(4,5)6)19(12)20(27)23(28)29/h7-9,20,27H,10-11H2,1-6H3,(H,28,29). The van der Waals surface area contributed by atoms with Crippen molar-refractivity contribution in [1.29, 1.82) is 0 Å². The van der Waals surface area contributed by atoms with E-state index in [1.165, 1.54) is 24.1 Å². The Labute approximate surface area is 182 Å². The van der Waals surface area contributed by atoms with Crippen LogP contribution in [0, 0.1) is 19.7 Å². The van der Waals surface area contributed by atoms with Crippen molar-refractivity contribution in [3.05, 3.63) is 51.8 Å². The molecule has 1 amide bonds. The van der Waals surface area contributed by atoms with Gasteiger partial charge in [0.25, 0.3) is 0 Å². The quantitative estimate of drug-likeness (QED) is 0.690. The molecule has 0 fully saturated rings. The van der Waals surface area contributed by atoms with Crippen molar-refractivity contribution in [2.45, 2.75) is 52.6 Å². The number of carboxylic acid groups (broad SMARTS) is 1. The van der Waals surface area contributed by atoms with Gasteiger partial charge in [0.05, 0.1) is 33.8 Å². The molecule has 1 aliphatic heterocycles. The predicted molar refractivity (Wildman–Crippen MR) is 119 cm³/mol. The molecular weight excluding hydrogens is 417 g/mol. The number of aliphatic carboxylic acids is 1. The van der Waals surface area contributed by atoms with Crippen LogP contribution >= 0.6 is 0 Å². The molecule has 8 heteroatoms. The average molecular weight is 446 g/mol. The van der Waals surface area contributed by atoms with Crippen LogP contribution in [0.1, 0.15) is 33.9 Å². The molecule has 166 valence electrons. The van der Waals surface area contributed by atoms with Gasteiger partial charge in [-0.05, 0) is 53.8 Å². The van der Waals surface area contributed by atoms with Crippen LogP contribution in [-0.4, -0.2) is 37.3 Å². The van der Waals surface area contributed by atoms with Crippen molar-refractivity contribution in [2.75, 3.05) is 12.0 Å². The van der Waals surface area contributed by atoms with Crippen LogP contribution in [-0.2, 0) is 22.6 Å². The molecule has 0 radical (unpaired) electrons. The van der Waals surface area contributed by atoms with E-state index in [9.17, 15) is 24.2 Å². The zero-order chi connectivity index (χ0) is 23.2. The molecule has 2 N–H and O–H groups in total. The summed E-state index contributed by atoms with van der Waals surface area (Å²) in [6, 6.07) is 4.46. The summed E-state index contributed by atoms with van der Waals surface area (Å²) in [6.45, 7) is 10.2. The van der Waals surface area contributed by atoms with Crippen LogP contribution in [0.25, 0.3) is 0 Å². The van der Waals surface area contributed by atoms with Gasteiger partial charge in [-0.1, -0.05) is 30.9 Å². The predicted octanol–water partition coefficient (Wildman–Crippen LogP) is 3.20. The molecule has 0 aromatic heterocycles. The van der Waals surface area contributed by atoms with Gasteiger partial charge in [0, 0.05) is 0 Å². The van der Waals surface area contributed by atoms with E-state index in [-0.39, 0.29) is 24.6 Å². The molecule has 2 aromatic carbocycles. The number of carbonyl (C=O) groups is 2. The molecule has 3 rings (SSSR count). The number of para-hydroxylation sites is 1. The van der Waals surface area contributed by atoms with E-state index in [4.69, 9.17) is 4.74 Å². The van der Waals surface area contributed by atoms with Crippen LogP contribution in [0.4, 0.5) is 10.1 Å². The van der Waals surface area contributed by atoms with E-state index in [0.717, 1.165) is 21.9 Å². The zero-order valence-electron chi connectivity index (χ0n) is 18.7. The van der Waals surface area contributed by atoms with E-state index in [0.29, 0.717) is 16.8 Å². The lowest BCUT2D eigenvalue weighted by molar-refractivity contribution is -0.146. The lowest BCUT2D eigenvalue weighted by Crippen LogP contribution is -2.47. The van der Waals surface area contributed by atoms with E-state index in [1.807, 2.05) is 6.92 Å². The van der Waals surface area contributed by atoms with Gasteiger partial charge in [0.15, 0.2) is 17.7 Å². The maximum Gasteiger partial charge on any atom is 0.337 e. The first-order valence-corrected chi connectivity index (χ1v) is 13.6. The van der Waals surface area contributed by atoms with Gasteiger partial charge in [-0.3, -0.25) is 4.79 Å². The Kier molecular flexibility index (Phi) is 5.99. The summed E-state index contributed by atoms with van der Waals surface area (Å²) in [5.74, 6) is -2.09. The molecule has 1 aliphatic rings. The van der Waals surface area contributed by atoms with Crippen molar-refractivity contribution in [1.82, 2.24) is 0 Å². The normalized spacial score (nSPS) is 15.0. The highest BCUT2D eigenvalue weighted by molar-refractivity contribution is 6.89. The smallest absolute Gasteiger partial charge is 0.337 e. The topological polar surface area (TPSA) is 87.1 Å². The molecule has 31 heavy (non-hydrogen) atoms. The van der Waals surface area contributed by atoms with Gasteiger partial charge in [0.1, 0.15) is 0 Å². The van der Waals surface area contributed by atoms with Crippen molar-refractivity contribution in [3.63, 3.8) is 0 Å². The van der Waals surface area contributed by atoms with E-state index >= 15 is 0 Å². The number of anilines is 1.